The van der Waals surface area contributed by atoms with Crippen molar-refractivity contribution < 1.29 is 19.1 Å². The van der Waals surface area contributed by atoms with Crippen LogP contribution in [0.25, 0.3) is 0 Å². The topological polar surface area (TPSA) is 88.4 Å². The van der Waals surface area contributed by atoms with Gasteiger partial charge in [0.15, 0.2) is 13.2 Å². The summed E-state index contributed by atoms with van der Waals surface area (Å²) >= 11 is 0. The van der Waals surface area contributed by atoms with E-state index < -0.39 is 18.5 Å². The monoisotopic (exact) mass is 324 g/mol. The predicted octanol–water partition coefficient (Wildman–Crippen LogP) is 2.31. The summed E-state index contributed by atoms with van der Waals surface area (Å²) in [5.74, 6) is -0.522. The van der Waals surface area contributed by atoms with Gasteiger partial charge in [0.1, 0.15) is 5.75 Å². The molecule has 1 amide bonds. The average Bonchev–Trinajstić information content (AvgIpc) is 2.61. The number of nitrogens with zero attached hydrogens (tertiary/aromatic N) is 1. The first-order chi connectivity index (χ1) is 11.7. The Labute approximate surface area is 139 Å². The van der Waals surface area contributed by atoms with Crippen LogP contribution in [0.2, 0.25) is 0 Å². The molecule has 2 aromatic carbocycles. The summed E-state index contributed by atoms with van der Waals surface area (Å²) in [6, 6.07) is 17.8. The third-order valence-electron chi connectivity index (χ3n) is 2.99. The molecule has 0 saturated heterocycles. The summed E-state index contributed by atoms with van der Waals surface area (Å²) in [7, 11) is 0. The van der Waals surface area contributed by atoms with E-state index in [1.54, 1.807) is 48.5 Å². The number of nitriles is 1. The smallest absolute Gasteiger partial charge is 0.344 e. The number of carbonyl (C=O) groups excluding carboxylic acids is 2. The lowest BCUT2D eigenvalue weighted by Crippen LogP contribution is -2.23. The molecule has 0 unspecified atom stereocenters. The maximum absolute atomic E-state index is 11.7. The fraction of sp³-hybridized carbons (Fsp3) is 0.167. The molecule has 0 aliphatic heterocycles. The van der Waals surface area contributed by atoms with Crippen molar-refractivity contribution in [2.75, 3.05) is 18.5 Å². The average molecular weight is 324 g/mol. The number of rotatable bonds is 7. The van der Waals surface area contributed by atoms with Crippen molar-refractivity contribution in [2.24, 2.45) is 0 Å². The predicted molar refractivity (Wildman–Crippen MR) is 87.3 cm³/mol. The van der Waals surface area contributed by atoms with Crippen LogP contribution in [-0.4, -0.2) is 25.1 Å². The molecular weight excluding hydrogens is 308 g/mol. The quantitative estimate of drug-likeness (QED) is 0.790. The van der Waals surface area contributed by atoms with E-state index in [-0.39, 0.29) is 6.61 Å². The van der Waals surface area contributed by atoms with Gasteiger partial charge >= 0.3 is 5.97 Å². The summed E-state index contributed by atoms with van der Waals surface area (Å²) in [5.41, 5.74) is 1.43. The minimum Gasteiger partial charge on any atom is -0.482 e. The van der Waals surface area contributed by atoms with Crippen molar-refractivity contribution in [3.05, 3.63) is 60.2 Å². The Morgan fingerprint density at radius 2 is 1.71 bits per heavy atom. The highest BCUT2D eigenvalue weighted by Gasteiger charge is 2.09. The number of para-hydroxylation sites is 1. The number of amides is 1. The van der Waals surface area contributed by atoms with Crippen LogP contribution in [0, 0.1) is 11.3 Å². The Morgan fingerprint density at radius 3 is 2.38 bits per heavy atom. The van der Waals surface area contributed by atoms with Gasteiger partial charge in [-0.05, 0) is 29.8 Å². The van der Waals surface area contributed by atoms with Crippen molar-refractivity contribution in [1.82, 2.24) is 0 Å². The lowest BCUT2D eigenvalue weighted by Gasteiger charge is -2.08. The van der Waals surface area contributed by atoms with Gasteiger partial charge in [-0.3, -0.25) is 4.79 Å². The molecule has 2 rings (SSSR count). The van der Waals surface area contributed by atoms with Gasteiger partial charge < -0.3 is 14.8 Å². The van der Waals surface area contributed by atoms with Crippen molar-refractivity contribution in [3.63, 3.8) is 0 Å². The Morgan fingerprint density at radius 1 is 1.00 bits per heavy atom. The molecule has 0 aliphatic rings. The van der Waals surface area contributed by atoms with Gasteiger partial charge in [-0.2, -0.15) is 5.26 Å². The van der Waals surface area contributed by atoms with E-state index >= 15 is 0 Å². The molecule has 1 N–H and O–H groups in total. The lowest BCUT2D eigenvalue weighted by atomic mass is 10.1. The third-order valence-corrected chi connectivity index (χ3v) is 2.99. The largest absolute Gasteiger partial charge is 0.482 e. The molecule has 0 bridgehead atoms. The fourth-order valence-corrected chi connectivity index (χ4v) is 1.84. The first-order valence-electron chi connectivity index (χ1n) is 7.26. The fourth-order valence-electron chi connectivity index (χ4n) is 1.84. The number of hydrogen-bond acceptors (Lipinski definition) is 5. The van der Waals surface area contributed by atoms with E-state index in [4.69, 9.17) is 14.7 Å². The molecule has 0 atom stereocenters. The summed E-state index contributed by atoms with van der Waals surface area (Å²) in [6.07, 6.45) is 0.313. The van der Waals surface area contributed by atoms with Crippen molar-refractivity contribution in [1.29, 1.82) is 5.26 Å². The molecule has 6 nitrogen and oxygen atoms in total. The van der Waals surface area contributed by atoms with Crippen LogP contribution in [0.4, 0.5) is 5.69 Å². The van der Waals surface area contributed by atoms with E-state index in [2.05, 4.69) is 5.32 Å². The van der Waals surface area contributed by atoms with Gasteiger partial charge in [0.05, 0.1) is 12.5 Å². The van der Waals surface area contributed by atoms with Crippen LogP contribution in [-0.2, 0) is 20.7 Å². The zero-order valence-corrected chi connectivity index (χ0v) is 12.9. The highest BCUT2D eigenvalue weighted by Crippen LogP contribution is 2.10. The minimum absolute atomic E-state index is 0.264. The minimum atomic E-state index is -0.627. The van der Waals surface area contributed by atoms with Crippen molar-refractivity contribution >= 4 is 17.6 Å². The number of esters is 1. The Hall–Kier alpha value is -3.33. The lowest BCUT2D eigenvalue weighted by molar-refractivity contribution is -0.149. The van der Waals surface area contributed by atoms with Crippen LogP contribution in [0.3, 0.4) is 0 Å². The highest BCUT2D eigenvalue weighted by atomic mass is 16.6. The second-order valence-corrected chi connectivity index (χ2v) is 4.84. The van der Waals surface area contributed by atoms with E-state index in [0.717, 1.165) is 5.56 Å². The van der Waals surface area contributed by atoms with Gasteiger partial charge in [-0.1, -0.05) is 30.3 Å². The zero-order chi connectivity index (χ0) is 17.2. The number of ether oxygens (including phenoxy) is 2. The number of benzene rings is 2. The maximum Gasteiger partial charge on any atom is 0.344 e. The van der Waals surface area contributed by atoms with E-state index in [9.17, 15) is 9.59 Å². The Bertz CT molecular complexity index is 721. The SMILES string of the molecule is N#CCc1ccc(NC(=O)COC(=O)COc2ccccc2)cc1. The summed E-state index contributed by atoms with van der Waals surface area (Å²) in [6.45, 7) is -0.656. The zero-order valence-electron chi connectivity index (χ0n) is 12.9. The third kappa shape index (κ3) is 5.81. The maximum atomic E-state index is 11.7. The molecule has 0 aliphatic carbocycles. The van der Waals surface area contributed by atoms with E-state index in [1.807, 2.05) is 12.1 Å². The van der Waals surface area contributed by atoms with Crippen LogP contribution < -0.4 is 10.1 Å². The molecule has 0 heterocycles. The molecule has 6 heteroatoms. The standard InChI is InChI=1S/C18H16N2O4/c19-11-10-14-6-8-15(9-7-14)20-17(21)12-24-18(22)13-23-16-4-2-1-3-5-16/h1-9H,10,12-13H2,(H,20,21). The van der Waals surface area contributed by atoms with Crippen molar-refractivity contribution in [2.45, 2.75) is 6.42 Å². The first kappa shape index (κ1) is 17.0. The van der Waals surface area contributed by atoms with E-state index in [0.29, 0.717) is 17.9 Å². The van der Waals surface area contributed by atoms with Crippen LogP contribution in [0.1, 0.15) is 5.56 Å². The van der Waals surface area contributed by atoms with Gasteiger partial charge in [-0.25, -0.2) is 4.79 Å². The molecular formula is C18H16N2O4. The number of nitrogens with one attached hydrogen (secondary N) is 1. The van der Waals surface area contributed by atoms with Gasteiger partial charge in [0.2, 0.25) is 0 Å². The Balaban J connectivity index is 1.70. The number of hydrogen-bond donors (Lipinski definition) is 1. The van der Waals surface area contributed by atoms with Crippen molar-refractivity contribution in [3.8, 4) is 11.8 Å². The molecule has 24 heavy (non-hydrogen) atoms. The van der Waals surface area contributed by atoms with Gasteiger partial charge in [0, 0.05) is 5.69 Å². The number of anilines is 1. The molecule has 0 fully saturated rings. The van der Waals surface area contributed by atoms with Crippen LogP contribution >= 0.6 is 0 Å². The van der Waals surface area contributed by atoms with E-state index in [1.165, 1.54) is 0 Å². The molecule has 0 radical (unpaired) electrons. The van der Waals surface area contributed by atoms with Crippen LogP contribution in [0.5, 0.6) is 5.75 Å². The summed E-state index contributed by atoms with van der Waals surface area (Å²) in [4.78, 5) is 23.3. The van der Waals surface area contributed by atoms with Gasteiger partial charge in [0.25, 0.3) is 5.91 Å². The molecule has 0 spiro atoms. The first-order valence-corrected chi connectivity index (χ1v) is 7.26. The second-order valence-electron chi connectivity index (χ2n) is 4.84. The highest BCUT2D eigenvalue weighted by molar-refractivity contribution is 5.92. The number of carbonyl (C=O) groups is 2. The van der Waals surface area contributed by atoms with Crippen LogP contribution in [0.15, 0.2) is 54.6 Å². The normalized spacial score (nSPS) is 9.62. The molecule has 0 saturated carbocycles. The molecule has 122 valence electrons. The second kappa shape index (κ2) is 8.96. The van der Waals surface area contributed by atoms with Gasteiger partial charge in [-0.15, -0.1) is 0 Å². The summed E-state index contributed by atoms with van der Waals surface area (Å²) < 4.78 is 10.1. The molecule has 0 aromatic heterocycles. The molecule has 2 aromatic rings. The summed E-state index contributed by atoms with van der Waals surface area (Å²) in [5, 5.41) is 11.2. The Kier molecular flexibility index (Phi) is 6.35.